The first kappa shape index (κ1) is 16.4. The van der Waals surface area contributed by atoms with Gasteiger partial charge >= 0.3 is 0 Å². The second-order valence-electron chi connectivity index (χ2n) is 5.11. The lowest BCUT2D eigenvalue weighted by atomic mass is 10.1. The van der Waals surface area contributed by atoms with Crippen LogP contribution in [0.5, 0.6) is 0 Å². The summed E-state index contributed by atoms with van der Waals surface area (Å²) in [5.74, 6) is 0.930. The molecule has 0 aliphatic carbocycles. The molecule has 3 rings (SSSR count). The lowest BCUT2D eigenvalue weighted by Crippen LogP contribution is -2.41. The minimum atomic E-state index is 0. The van der Waals surface area contributed by atoms with Crippen LogP contribution in [0.25, 0.3) is 10.9 Å². The van der Waals surface area contributed by atoms with E-state index in [1.54, 1.807) is 0 Å². The summed E-state index contributed by atoms with van der Waals surface area (Å²) >= 11 is 6.06. The number of hydrogen-bond donors (Lipinski definition) is 2. The number of nitrogens with zero attached hydrogens (tertiary/aromatic N) is 2. The summed E-state index contributed by atoms with van der Waals surface area (Å²) in [5, 5.41) is 8.69. The van der Waals surface area contributed by atoms with E-state index in [0.29, 0.717) is 0 Å². The highest BCUT2D eigenvalue weighted by Crippen LogP contribution is 2.24. The largest absolute Gasteiger partial charge is 0.356 e. The van der Waals surface area contributed by atoms with E-state index in [-0.39, 0.29) is 24.0 Å². The monoisotopic (exact) mass is 418 g/mol. The van der Waals surface area contributed by atoms with E-state index in [9.17, 15) is 0 Å². The maximum Gasteiger partial charge on any atom is 0.191 e. The molecule has 6 heteroatoms. The zero-order valence-corrected chi connectivity index (χ0v) is 15.1. The zero-order valence-electron chi connectivity index (χ0n) is 12.0. The predicted octanol–water partition coefficient (Wildman–Crippen LogP) is 2.93. The molecule has 2 heterocycles. The Morgan fingerprint density at radius 1 is 1.43 bits per heavy atom. The topological polar surface area (TPSA) is 41.4 Å². The van der Waals surface area contributed by atoms with Gasteiger partial charge in [-0.1, -0.05) is 17.7 Å². The average Bonchev–Trinajstić information content (AvgIpc) is 2.76. The van der Waals surface area contributed by atoms with Crippen molar-refractivity contribution in [1.82, 2.24) is 15.2 Å². The van der Waals surface area contributed by atoms with E-state index in [1.165, 1.54) is 16.5 Å². The molecule has 4 nitrogen and oxygen atoms in total. The number of halogens is 2. The molecule has 0 atom stereocenters. The third-order valence-electron chi connectivity index (χ3n) is 3.62. The smallest absolute Gasteiger partial charge is 0.191 e. The van der Waals surface area contributed by atoms with Gasteiger partial charge in [0.15, 0.2) is 5.96 Å². The molecular formula is C15H20ClIN4. The van der Waals surface area contributed by atoms with Gasteiger partial charge < -0.3 is 15.2 Å². The Morgan fingerprint density at radius 3 is 3.05 bits per heavy atom. The van der Waals surface area contributed by atoms with Gasteiger partial charge in [-0.3, -0.25) is 4.99 Å². The van der Waals surface area contributed by atoms with Crippen LogP contribution in [0.1, 0.15) is 12.0 Å². The fourth-order valence-electron chi connectivity index (χ4n) is 2.61. The van der Waals surface area contributed by atoms with Crippen LogP contribution in [0.2, 0.25) is 5.02 Å². The normalized spacial score (nSPS) is 14.3. The Balaban J connectivity index is 0.00000161. The molecule has 0 saturated carbocycles. The van der Waals surface area contributed by atoms with E-state index in [0.717, 1.165) is 43.5 Å². The molecule has 2 aromatic rings. The van der Waals surface area contributed by atoms with Crippen molar-refractivity contribution in [3.05, 3.63) is 35.0 Å². The number of aromatic nitrogens is 1. The van der Waals surface area contributed by atoms with E-state index in [4.69, 9.17) is 11.6 Å². The minimum absolute atomic E-state index is 0. The molecule has 0 saturated heterocycles. The first-order valence-electron chi connectivity index (χ1n) is 7.00. The summed E-state index contributed by atoms with van der Waals surface area (Å²) in [6, 6.07) is 6.07. The molecule has 1 aliphatic heterocycles. The second-order valence-corrected chi connectivity index (χ2v) is 5.55. The Labute approximate surface area is 147 Å². The van der Waals surface area contributed by atoms with Crippen molar-refractivity contribution in [2.24, 2.45) is 12.0 Å². The van der Waals surface area contributed by atoms with Crippen LogP contribution in [0.3, 0.4) is 0 Å². The highest BCUT2D eigenvalue weighted by molar-refractivity contribution is 14.0. The van der Waals surface area contributed by atoms with E-state index < -0.39 is 0 Å². The quantitative estimate of drug-likeness (QED) is 0.753. The molecule has 0 bridgehead atoms. The van der Waals surface area contributed by atoms with Gasteiger partial charge in [-0.2, -0.15) is 0 Å². The Kier molecular flexibility index (Phi) is 5.75. The number of nitrogens with one attached hydrogen (secondary N) is 2. The summed E-state index contributed by atoms with van der Waals surface area (Å²) in [6.45, 7) is 2.81. The summed E-state index contributed by atoms with van der Waals surface area (Å²) in [4.78, 5) is 4.41. The Hall–Kier alpha value is -0.950. The predicted molar refractivity (Wildman–Crippen MR) is 100.0 cm³/mol. The fraction of sp³-hybridized carbons (Fsp3) is 0.400. The van der Waals surface area contributed by atoms with Crippen LogP contribution in [-0.2, 0) is 13.5 Å². The fourth-order valence-corrected chi connectivity index (χ4v) is 2.77. The standard InChI is InChI=1S/C15H19ClN4.HI/c1-20-10-11(13-4-3-12(16)9-14(13)20)5-8-19-15-17-6-2-7-18-15;/h3-4,9-10H,2,5-8H2,1H3,(H2,17,18,19);1H. The van der Waals surface area contributed by atoms with Crippen molar-refractivity contribution in [3.63, 3.8) is 0 Å². The van der Waals surface area contributed by atoms with Crippen molar-refractivity contribution >= 4 is 52.4 Å². The number of rotatable bonds is 3. The number of hydrogen-bond acceptors (Lipinski definition) is 3. The highest BCUT2D eigenvalue weighted by Gasteiger charge is 2.08. The molecule has 21 heavy (non-hydrogen) atoms. The minimum Gasteiger partial charge on any atom is -0.356 e. The van der Waals surface area contributed by atoms with Crippen molar-refractivity contribution in [3.8, 4) is 0 Å². The number of guanidine groups is 1. The van der Waals surface area contributed by atoms with Gasteiger partial charge in [0.2, 0.25) is 0 Å². The van der Waals surface area contributed by atoms with Gasteiger partial charge in [-0.15, -0.1) is 24.0 Å². The van der Waals surface area contributed by atoms with Crippen LogP contribution in [0.15, 0.2) is 29.4 Å². The van der Waals surface area contributed by atoms with Gasteiger partial charge in [0.25, 0.3) is 0 Å². The van der Waals surface area contributed by atoms with Crippen molar-refractivity contribution < 1.29 is 0 Å². The Bertz CT molecular complexity index is 650. The molecule has 0 radical (unpaired) electrons. The van der Waals surface area contributed by atoms with Gasteiger partial charge in [0, 0.05) is 48.8 Å². The van der Waals surface area contributed by atoms with E-state index in [2.05, 4.69) is 39.5 Å². The molecule has 0 amide bonds. The summed E-state index contributed by atoms with van der Waals surface area (Å²) in [5.41, 5.74) is 2.52. The van der Waals surface area contributed by atoms with Crippen molar-refractivity contribution in [2.75, 3.05) is 19.6 Å². The van der Waals surface area contributed by atoms with Gasteiger partial charge in [-0.05, 0) is 30.5 Å². The van der Waals surface area contributed by atoms with Crippen molar-refractivity contribution in [2.45, 2.75) is 12.8 Å². The van der Waals surface area contributed by atoms with E-state index >= 15 is 0 Å². The third-order valence-corrected chi connectivity index (χ3v) is 3.85. The lowest BCUT2D eigenvalue weighted by molar-refractivity contribution is 0.700. The molecule has 1 aromatic carbocycles. The molecule has 0 unspecified atom stereocenters. The number of aliphatic imine (C=N–C) groups is 1. The van der Waals surface area contributed by atoms with Gasteiger partial charge in [-0.25, -0.2) is 0 Å². The number of aryl methyl sites for hydroxylation is 1. The highest BCUT2D eigenvalue weighted by atomic mass is 127. The SMILES string of the molecule is Cn1cc(CCNC2=NCCCN2)c2ccc(Cl)cc21.I. The maximum atomic E-state index is 6.06. The molecule has 1 aliphatic rings. The van der Waals surface area contributed by atoms with Crippen LogP contribution in [0.4, 0.5) is 0 Å². The first-order chi connectivity index (χ1) is 9.74. The van der Waals surface area contributed by atoms with Gasteiger partial charge in [0.1, 0.15) is 0 Å². The molecule has 2 N–H and O–H groups in total. The average molecular weight is 419 g/mol. The molecule has 1 aromatic heterocycles. The van der Waals surface area contributed by atoms with E-state index in [1.807, 2.05) is 12.1 Å². The molecule has 0 spiro atoms. The Morgan fingerprint density at radius 2 is 2.29 bits per heavy atom. The van der Waals surface area contributed by atoms with Crippen LogP contribution in [0, 0.1) is 0 Å². The summed E-state index contributed by atoms with van der Waals surface area (Å²) in [6.07, 6.45) is 4.27. The summed E-state index contributed by atoms with van der Waals surface area (Å²) in [7, 11) is 2.06. The number of fused-ring (bicyclic) bond motifs is 1. The second kappa shape index (κ2) is 7.35. The molecule has 114 valence electrons. The molecular weight excluding hydrogens is 399 g/mol. The summed E-state index contributed by atoms with van der Waals surface area (Å²) < 4.78 is 2.13. The van der Waals surface area contributed by atoms with Crippen molar-refractivity contribution in [1.29, 1.82) is 0 Å². The zero-order chi connectivity index (χ0) is 13.9. The lowest BCUT2D eigenvalue weighted by Gasteiger charge is -2.15. The number of benzene rings is 1. The first-order valence-corrected chi connectivity index (χ1v) is 7.37. The van der Waals surface area contributed by atoms with Crippen LogP contribution >= 0.6 is 35.6 Å². The third kappa shape index (κ3) is 3.83. The van der Waals surface area contributed by atoms with Crippen LogP contribution in [-0.4, -0.2) is 30.2 Å². The van der Waals surface area contributed by atoms with Gasteiger partial charge in [0.05, 0.1) is 0 Å². The maximum absolute atomic E-state index is 6.06. The molecule has 0 fully saturated rings. The van der Waals surface area contributed by atoms with Crippen LogP contribution < -0.4 is 10.6 Å².